The zero-order valence-electron chi connectivity index (χ0n) is 11.8. The van der Waals surface area contributed by atoms with Gasteiger partial charge in [0.15, 0.2) is 0 Å². The van der Waals surface area contributed by atoms with E-state index in [1.807, 2.05) is 12.3 Å². The topological polar surface area (TPSA) is 69.8 Å². The molecule has 3 heterocycles. The molecule has 2 aromatic heterocycles. The van der Waals surface area contributed by atoms with Gasteiger partial charge in [-0.15, -0.1) is 0 Å². The molecule has 5 heteroatoms. The molecule has 5 nitrogen and oxygen atoms in total. The standard InChI is InChI=1S/C15H20N4O/c1-9-3-6-16-10(2)13(9)19-15(20)12-5-8-18-14-11(12)4-7-17-14/h4-5,7-10,13,16H,3,6H2,1-2H3,(H,17,18)(H,19,20). The SMILES string of the molecule is CC1CCNC(C)C1NC(=O)c1ccnc2[nH]ccc12. The Labute approximate surface area is 118 Å². The van der Waals surface area contributed by atoms with Crippen molar-refractivity contribution < 1.29 is 4.79 Å². The summed E-state index contributed by atoms with van der Waals surface area (Å²) in [6.45, 7) is 5.34. The Hall–Kier alpha value is -1.88. The van der Waals surface area contributed by atoms with Crippen molar-refractivity contribution in [3.63, 3.8) is 0 Å². The predicted octanol–water partition coefficient (Wildman–Crippen LogP) is 1.68. The number of carbonyl (C=O) groups is 1. The lowest BCUT2D eigenvalue weighted by molar-refractivity contribution is 0.0899. The molecule has 1 aliphatic rings. The molecule has 0 saturated carbocycles. The van der Waals surface area contributed by atoms with E-state index in [1.54, 1.807) is 12.3 Å². The molecule has 1 saturated heterocycles. The lowest BCUT2D eigenvalue weighted by Gasteiger charge is -2.36. The molecule has 3 N–H and O–H groups in total. The van der Waals surface area contributed by atoms with Crippen LogP contribution in [0.3, 0.4) is 0 Å². The number of hydrogen-bond donors (Lipinski definition) is 3. The van der Waals surface area contributed by atoms with E-state index in [4.69, 9.17) is 0 Å². The summed E-state index contributed by atoms with van der Waals surface area (Å²) in [4.78, 5) is 19.8. The maximum atomic E-state index is 12.5. The van der Waals surface area contributed by atoms with Gasteiger partial charge in [-0.2, -0.15) is 0 Å². The molecule has 1 fully saturated rings. The summed E-state index contributed by atoms with van der Waals surface area (Å²) < 4.78 is 0. The third-order valence-corrected chi connectivity index (χ3v) is 4.22. The summed E-state index contributed by atoms with van der Waals surface area (Å²) in [5.74, 6) is 0.461. The van der Waals surface area contributed by atoms with E-state index in [2.05, 4.69) is 34.4 Å². The van der Waals surface area contributed by atoms with Crippen LogP contribution in [0.5, 0.6) is 0 Å². The zero-order valence-corrected chi connectivity index (χ0v) is 11.8. The van der Waals surface area contributed by atoms with Gasteiger partial charge in [0.25, 0.3) is 5.91 Å². The van der Waals surface area contributed by atoms with Crippen LogP contribution in [0.2, 0.25) is 0 Å². The van der Waals surface area contributed by atoms with Crippen molar-refractivity contribution in [2.24, 2.45) is 5.92 Å². The fourth-order valence-corrected chi connectivity index (χ4v) is 2.99. The third-order valence-electron chi connectivity index (χ3n) is 4.22. The highest BCUT2D eigenvalue weighted by atomic mass is 16.1. The average Bonchev–Trinajstić information content (AvgIpc) is 2.91. The second-order valence-electron chi connectivity index (χ2n) is 5.61. The number of pyridine rings is 1. The minimum absolute atomic E-state index is 0.0237. The molecule has 0 radical (unpaired) electrons. The Morgan fingerprint density at radius 1 is 1.40 bits per heavy atom. The van der Waals surface area contributed by atoms with Gasteiger partial charge >= 0.3 is 0 Å². The van der Waals surface area contributed by atoms with Crippen molar-refractivity contribution in [3.8, 4) is 0 Å². The second kappa shape index (κ2) is 5.25. The van der Waals surface area contributed by atoms with Crippen LogP contribution in [0.1, 0.15) is 30.6 Å². The third kappa shape index (κ3) is 2.29. The summed E-state index contributed by atoms with van der Waals surface area (Å²) in [5.41, 5.74) is 1.43. The summed E-state index contributed by atoms with van der Waals surface area (Å²) >= 11 is 0. The molecule has 0 bridgehead atoms. The molecule has 0 aromatic carbocycles. The molecule has 3 atom stereocenters. The van der Waals surface area contributed by atoms with Gasteiger partial charge in [0.05, 0.1) is 5.56 Å². The monoisotopic (exact) mass is 272 g/mol. The Balaban J connectivity index is 1.84. The number of aromatic nitrogens is 2. The normalized spacial score (nSPS) is 26.6. The number of hydrogen-bond acceptors (Lipinski definition) is 3. The van der Waals surface area contributed by atoms with E-state index in [-0.39, 0.29) is 11.9 Å². The lowest BCUT2D eigenvalue weighted by atomic mass is 9.89. The Kier molecular flexibility index (Phi) is 3.44. The van der Waals surface area contributed by atoms with Crippen LogP contribution in [0.4, 0.5) is 0 Å². The van der Waals surface area contributed by atoms with Crippen LogP contribution in [-0.2, 0) is 0 Å². The highest BCUT2D eigenvalue weighted by Gasteiger charge is 2.29. The number of rotatable bonds is 2. The average molecular weight is 272 g/mol. The van der Waals surface area contributed by atoms with Crippen molar-refractivity contribution in [1.29, 1.82) is 0 Å². The van der Waals surface area contributed by atoms with Crippen molar-refractivity contribution in [2.75, 3.05) is 6.54 Å². The van der Waals surface area contributed by atoms with Gasteiger partial charge in [0, 0.05) is 29.9 Å². The van der Waals surface area contributed by atoms with Crippen molar-refractivity contribution in [3.05, 3.63) is 30.1 Å². The van der Waals surface area contributed by atoms with E-state index < -0.39 is 0 Å². The van der Waals surface area contributed by atoms with Crippen LogP contribution in [0, 0.1) is 5.92 Å². The van der Waals surface area contributed by atoms with Gasteiger partial charge < -0.3 is 15.6 Å². The second-order valence-corrected chi connectivity index (χ2v) is 5.61. The van der Waals surface area contributed by atoms with Gasteiger partial charge in [0.1, 0.15) is 5.65 Å². The predicted molar refractivity (Wildman–Crippen MR) is 78.6 cm³/mol. The summed E-state index contributed by atoms with van der Waals surface area (Å²) in [5, 5.41) is 7.46. The van der Waals surface area contributed by atoms with Crippen molar-refractivity contribution >= 4 is 16.9 Å². The van der Waals surface area contributed by atoms with Crippen LogP contribution in [-0.4, -0.2) is 34.5 Å². The molecule has 1 aliphatic heterocycles. The van der Waals surface area contributed by atoms with Crippen molar-refractivity contribution in [2.45, 2.75) is 32.4 Å². The number of fused-ring (bicyclic) bond motifs is 1. The molecule has 0 aliphatic carbocycles. The largest absolute Gasteiger partial charge is 0.347 e. The number of nitrogens with zero attached hydrogens (tertiary/aromatic N) is 1. The summed E-state index contributed by atoms with van der Waals surface area (Å²) in [6, 6.07) is 4.13. The zero-order chi connectivity index (χ0) is 14.1. The first-order valence-electron chi connectivity index (χ1n) is 7.13. The number of piperidine rings is 1. The lowest BCUT2D eigenvalue weighted by Crippen LogP contribution is -2.55. The van der Waals surface area contributed by atoms with Gasteiger partial charge in [-0.1, -0.05) is 6.92 Å². The number of nitrogens with one attached hydrogen (secondary N) is 3. The van der Waals surface area contributed by atoms with Gasteiger partial charge in [-0.25, -0.2) is 4.98 Å². The summed E-state index contributed by atoms with van der Waals surface area (Å²) in [7, 11) is 0. The van der Waals surface area contributed by atoms with Crippen molar-refractivity contribution in [1.82, 2.24) is 20.6 Å². The maximum absolute atomic E-state index is 12.5. The first kappa shape index (κ1) is 13.1. The molecule has 1 amide bonds. The Morgan fingerprint density at radius 2 is 2.25 bits per heavy atom. The molecule has 106 valence electrons. The number of aromatic amines is 1. The summed E-state index contributed by atoms with van der Waals surface area (Å²) in [6.07, 6.45) is 4.56. The minimum Gasteiger partial charge on any atom is -0.347 e. The highest BCUT2D eigenvalue weighted by molar-refractivity contribution is 6.05. The van der Waals surface area contributed by atoms with Gasteiger partial charge in [0.2, 0.25) is 0 Å². The van der Waals surface area contributed by atoms with E-state index >= 15 is 0 Å². The first-order valence-corrected chi connectivity index (χ1v) is 7.13. The molecule has 3 unspecified atom stereocenters. The molecule has 0 spiro atoms. The maximum Gasteiger partial charge on any atom is 0.252 e. The van der Waals surface area contributed by atoms with E-state index in [9.17, 15) is 4.79 Å². The van der Waals surface area contributed by atoms with Crippen LogP contribution >= 0.6 is 0 Å². The molecule has 3 rings (SSSR count). The fourth-order valence-electron chi connectivity index (χ4n) is 2.99. The molecular formula is C15H20N4O. The quantitative estimate of drug-likeness (QED) is 0.779. The molecular weight excluding hydrogens is 252 g/mol. The van der Waals surface area contributed by atoms with Gasteiger partial charge in [-0.05, 0) is 37.9 Å². The smallest absolute Gasteiger partial charge is 0.252 e. The highest BCUT2D eigenvalue weighted by Crippen LogP contribution is 2.19. The van der Waals surface area contributed by atoms with Crippen LogP contribution < -0.4 is 10.6 Å². The van der Waals surface area contributed by atoms with E-state index in [1.165, 1.54) is 0 Å². The number of carbonyl (C=O) groups excluding carboxylic acids is 1. The molecule has 20 heavy (non-hydrogen) atoms. The minimum atomic E-state index is -0.0237. The van der Waals surface area contributed by atoms with Crippen LogP contribution in [0.15, 0.2) is 24.5 Å². The van der Waals surface area contributed by atoms with Crippen LogP contribution in [0.25, 0.3) is 11.0 Å². The first-order chi connectivity index (χ1) is 9.66. The number of H-pyrrole nitrogens is 1. The van der Waals surface area contributed by atoms with Gasteiger partial charge in [-0.3, -0.25) is 4.79 Å². The fraction of sp³-hybridized carbons (Fsp3) is 0.467. The number of amides is 1. The van der Waals surface area contributed by atoms with E-state index in [0.717, 1.165) is 24.0 Å². The Bertz CT molecular complexity index is 611. The Morgan fingerprint density at radius 3 is 3.05 bits per heavy atom. The molecule has 2 aromatic rings. The van der Waals surface area contributed by atoms with E-state index in [0.29, 0.717) is 17.5 Å².